The number of nitrogens with zero attached hydrogens (tertiary/aromatic N) is 1. The molecule has 1 aliphatic rings. The first-order valence-electron chi connectivity index (χ1n) is 9.44. The minimum atomic E-state index is -5.13. The second kappa shape index (κ2) is 9.90. The highest BCUT2D eigenvalue weighted by Gasteiger charge is 2.46. The van der Waals surface area contributed by atoms with Crippen LogP contribution in [0.5, 0.6) is 0 Å². The molecular formula is C18H26F3N3O6. The first-order valence-corrected chi connectivity index (χ1v) is 9.44. The van der Waals surface area contributed by atoms with E-state index >= 15 is 0 Å². The number of likely N-dealkylation sites (tertiary alicyclic amines) is 1. The summed E-state index contributed by atoms with van der Waals surface area (Å²) in [7, 11) is 0. The van der Waals surface area contributed by atoms with Gasteiger partial charge >= 0.3 is 18.1 Å². The fourth-order valence-corrected chi connectivity index (χ4v) is 3.16. The van der Waals surface area contributed by atoms with Crippen molar-refractivity contribution in [2.75, 3.05) is 6.54 Å². The smallest absolute Gasteiger partial charge is 0.452 e. The Morgan fingerprint density at radius 3 is 1.93 bits per heavy atom. The van der Waals surface area contributed by atoms with Crippen LogP contribution >= 0.6 is 0 Å². The average Bonchev–Trinajstić information content (AvgIpc) is 3.11. The number of halogens is 3. The van der Waals surface area contributed by atoms with Crippen LogP contribution in [-0.2, 0) is 24.0 Å². The van der Waals surface area contributed by atoms with Gasteiger partial charge in [0.05, 0.1) is 6.04 Å². The molecule has 3 N–H and O–H groups in total. The van der Waals surface area contributed by atoms with Crippen molar-refractivity contribution >= 4 is 29.5 Å². The largest absolute Gasteiger partial charge is 0.474 e. The van der Waals surface area contributed by atoms with Gasteiger partial charge < -0.3 is 20.6 Å². The molecule has 0 aliphatic carbocycles. The Balaban J connectivity index is 3.02. The predicted octanol–water partition coefficient (Wildman–Crippen LogP) is 0.475. The van der Waals surface area contributed by atoms with E-state index in [-0.39, 0.29) is 13.0 Å². The summed E-state index contributed by atoms with van der Waals surface area (Å²) in [6, 6.07) is -4.18. The molecule has 1 fully saturated rings. The Kier molecular flexibility index (Phi) is 8.37. The summed E-state index contributed by atoms with van der Waals surface area (Å²) in [4.78, 5) is 60.5. The summed E-state index contributed by atoms with van der Waals surface area (Å²) in [5, 5.41) is 12.9. The van der Waals surface area contributed by atoms with Gasteiger partial charge in [-0.1, -0.05) is 27.7 Å². The van der Waals surface area contributed by atoms with Crippen LogP contribution in [0.15, 0.2) is 0 Å². The van der Waals surface area contributed by atoms with Gasteiger partial charge in [-0.25, -0.2) is 4.79 Å². The molecule has 0 aromatic heterocycles. The SMILES string of the molecule is CC(C)[C@H](NC(=O)C(=O)O)C(=O)N1CCC[C@H]1C(=O)N[C@H](C(=O)C(F)(F)F)C(C)C. The van der Waals surface area contributed by atoms with Crippen molar-refractivity contribution in [3.05, 3.63) is 0 Å². The zero-order valence-electron chi connectivity index (χ0n) is 17.1. The molecule has 30 heavy (non-hydrogen) atoms. The molecule has 3 amide bonds. The topological polar surface area (TPSA) is 133 Å². The lowest BCUT2D eigenvalue weighted by molar-refractivity contribution is -0.175. The van der Waals surface area contributed by atoms with E-state index in [9.17, 15) is 37.1 Å². The van der Waals surface area contributed by atoms with Gasteiger partial charge in [0.15, 0.2) is 0 Å². The Bertz CT molecular complexity index is 708. The highest BCUT2D eigenvalue weighted by Crippen LogP contribution is 2.24. The zero-order valence-corrected chi connectivity index (χ0v) is 17.1. The second-order valence-corrected chi connectivity index (χ2v) is 7.78. The number of alkyl halides is 3. The van der Waals surface area contributed by atoms with Crippen molar-refractivity contribution in [2.24, 2.45) is 11.8 Å². The van der Waals surface area contributed by atoms with Gasteiger partial charge in [0.1, 0.15) is 12.1 Å². The molecular weight excluding hydrogens is 411 g/mol. The molecule has 0 spiro atoms. The van der Waals surface area contributed by atoms with E-state index in [0.717, 1.165) is 4.90 Å². The summed E-state index contributed by atoms with van der Waals surface area (Å²) in [6.45, 7) is 5.92. The van der Waals surface area contributed by atoms with E-state index in [4.69, 9.17) is 5.11 Å². The van der Waals surface area contributed by atoms with Crippen molar-refractivity contribution in [1.82, 2.24) is 15.5 Å². The van der Waals surface area contributed by atoms with E-state index in [2.05, 4.69) is 10.6 Å². The molecule has 1 aliphatic heterocycles. The lowest BCUT2D eigenvalue weighted by atomic mass is 9.98. The molecule has 1 saturated heterocycles. The van der Waals surface area contributed by atoms with Gasteiger partial charge in [-0.15, -0.1) is 0 Å². The standard InChI is InChI=1S/C18H26F3N3O6/c1-8(2)11(13(25)18(19,20)21)22-14(26)10-6-5-7-24(10)16(28)12(9(3)4)23-15(27)17(29)30/h8-12H,5-7H2,1-4H3,(H,22,26)(H,23,27)(H,29,30)/t10-,11-,12-/m0/s1. The summed E-state index contributed by atoms with van der Waals surface area (Å²) >= 11 is 0. The van der Waals surface area contributed by atoms with Crippen LogP contribution in [0, 0.1) is 11.8 Å². The number of carboxylic acids is 1. The monoisotopic (exact) mass is 437 g/mol. The molecule has 1 rings (SSSR count). The third-order valence-electron chi connectivity index (χ3n) is 4.78. The van der Waals surface area contributed by atoms with Crippen molar-refractivity contribution in [2.45, 2.75) is 64.8 Å². The third-order valence-corrected chi connectivity index (χ3v) is 4.78. The van der Waals surface area contributed by atoms with Gasteiger partial charge in [-0.05, 0) is 24.7 Å². The number of rotatable bonds is 7. The molecule has 0 aromatic carbocycles. The summed E-state index contributed by atoms with van der Waals surface area (Å²) in [5.41, 5.74) is 0. The highest BCUT2D eigenvalue weighted by molar-refractivity contribution is 6.32. The number of hydrogen-bond donors (Lipinski definition) is 3. The Labute approximate surface area is 171 Å². The molecule has 0 aromatic rings. The van der Waals surface area contributed by atoms with E-state index in [1.807, 2.05) is 0 Å². The van der Waals surface area contributed by atoms with E-state index < -0.39 is 65.6 Å². The fourth-order valence-electron chi connectivity index (χ4n) is 3.16. The number of carboxylic acid groups (broad SMARTS) is 1. The van der Waals surface area contributed by atoms with Gasteiger partial charge in [-0.3, -0.25) is 19.2 Å². The maximum atomic E-state index is 12.9. The first-order chi connectivity index (χ1) is 13.7. The van der Waals surface area contributed by atoms with Crippen LogP contribution in [-0.4, -0.2) is 70.3 Å². The molecule has 9 nitrogen and oxygen atoms in total. The van der Waals surface area contributed by atoms with Crippen molar-refractivity contribution < 1.29 is 42.3 Å². The Hall–Kier alpha value is -2.66. The Morgan fingerprint density at radius 1 is 0.967 bits per heavy atom. The second-order valence-electron chi connectivity index (χ2n) is 7.78. The maximum Gasteiger partial charge on any atom is 0.452 e. The number of aliphatic carboxylic acids is 1. The van der Waals surface area contributed by atoms with E-state index in [1.54, 1.807) is 13.8 Å². The number of carbonyl (C=O) groups excluding carboxylic acids is 4. The number of ketones is 1. The van der Waals surface area contributed by atoms with Gasteiger partial charge in [-0.2, -0.15) is 13.2 Å². The lowest BCUT2D eigenvalue weighted by Gasteiger charge is -2.31. The zero-order chi connectivity index (χ0) is 23.4. The minimum Gasteiger partial charge on any atom is -0.474 e. The van der Waals surface area contributed by atoms with Crippen molar-refractivity contribution in [1.29, 1.82) is 0 Å². The van der Waals surface area contributed by atoms with Crippen LogP contribution in [0.25, 0.3) is 0 Å². The molecule has 12 heteroatoms. The van der Waals surface area contributed by atoms with Crippen LogP contribution < -0.4 is 10.6 Å². The quantitative estimate of drug-likeness (QED) is 0.496. The Morgan fingerprint density at radius 2 is 1.50 bits per heavy atom. The number of hydrogen-bond acceptors (Lipinski definition) is 5. The van der Waals surface area contributed by atoms with Gasteiger partial charge in [0.2, 0.25) is 11.8 Å². The number of nitrogens with one attached hydrogen (secondary N) is 2. The van der Waals surface area contributed by atoms with Crippen LogP contribution in [0.4, 0.5) is 13.2 Å². The highest BCUT2D eigenvalue weighted by atomic mass is 19.4. The number of carbonyl (C=O) groups is 5. The van der Waals surface area contributed by atoms with Crippen molar-refractivity contribution in [3.8, 4) is 0 Å². The maximum absolute atomic E-state index is 12.9. The average molecular weight is 437 g/mol. The fraction of sp³-hybridized carbons (Fsp3) is 0.722. The minimum absolute atomic E-state index is 0.0998. The summed E-state index contributed by atoms with van der Waals surface area (Å²) in [5.74, 6) is -8.25. The van der Waals surface area contributed by atoms with Crippen LogP contribution in [0.2, 0.25) is 0 Å². The first kappa shape index (κ1) is 25.4. The van der Waals surface area contributed by atoms with Gasteiger partial charge in [0, 0.05) is 6.54 Å². The number of Topliss-reactive ketones (excluding diaryl/α,β-unsaturated/α-hetero) is 1. The number of amides is 3. The van der Waals surface area contributed by atoms with E-state index in [0.29, 0.717) is 6.42 Å². The lowest BCUT2D eigenvalue weighted by Crippen LogP contribution is -2.58. The molecule has 0 unspecified atom stereocenters. The van der Waals surface area contributed by atoms with Crippen molar-refractivity contribution in [3.63, 3.8) is 0 Å². The van der Waals surface area contributed by atoms with Gasteiger partial charge in [0.25, 0.3) is 5.78 Å². The molecule has 0 saturated carbocycles. The predicted molar refractivity (Wildman–Crippen MR) is 97.0 cm³/mol. The molecule has 3 atom stereocenters. The normalized spacial score (nSPS) is 18.8. The third kappa shape index (κ3) is 6.17. The van der Waals surface area contributed by atoms with Crippen LogP contribution in [0.3, 0.4) is 0 Å². The van der Waals surface area contributed by atoms with Crippen LogP contribution in [0.1, 0.15) is 40.5 Å². The van der Waals surface area contributed by atoms with E-state index in [1.165, 1.54) is 13.8 Å². The summed E-state index contributed by atoms with van der Waals surface area (Å²) in [6.07, 6.45) is -4.60. The molecule has 170 valence electrons. The summed E-state index contributed by atoms with van der Waals surface area (Å²) < 4.78 is 38.5. The molecule has 0 bridgehead atoms. The molecule has 1 heterocycles. The molecule has 0 radical (unpaired) electrons.